The van der Waals surface area contributed by atoms with Crippen LogP contribution in [-0.4, -0.2) is 8.35 Å². The fraction of sp³-hybridized carbons (Fsp3) is 0.143. The minimum absolute atomic E-state index is 0.0614. The van der Waals surface area contributed by atoms with Gasteiger partial charge in [0.2, 0.25) is 0 Å². The molecule has 1 aliphatic rings. The van der Waals surface area contributed by atoms with Gasteiger partial charge >= 0.3 is 252 Å². The van der Waals surface area contributed by atoms with E-state index < -0.39 is 0 Å². The van der Waals surface area contributed by atoms with E-state index in [0.717, 1.165) is 3.92 Å². The number of alkyl halides is 2. The van der Waals surface area contributed by atoms with E-state index in [0.29, 0.717) is 0 Å². The molecule has 1 atom stereocenters. The van der Waals surface area contributed by atoms with Crippen molar-refractivity contribution in [2.75, 3.05) is 4.43 Å². The molecule has 65 heavy (non-hydrogen) atoms. The van der Waals surface area contributed by atoms with Gasteiger partial charge in [-0.05, 0) is 57.3 Å². The van der Waals surface area contributed by atoms with Gasteiger partial charge in [0.15, 0.2) is 0 Å². The summed E-state index contributed by atoms with van der Waals surface area (Å²) in [6.45, 7) is 11.6. The molecule has 0 spiro atoms. The van der Waals surface area contributed by atoms with E-state index in [9.17, 15) is 0 Å². The number of hydrogen-bond acceptors (Lipinski definition) is 0. The normalized spacial score (nSPS) is 13.0. The molecular formula is C63H48I2. The van der Waals surface area contributed by atoms with Crippen molar-refractivity contribution in [3.05, 3.63) is 176 Å². The van der Waals surface area contributed by atoms with Crippen molar-refractivity contribution >= 4 is 75.4 Å². The summed E-state index contributed by atoms with van der Waals surface area (Å²) in [5.74, 6) is 0. The second-order valence-electron chi connectivity index (χ2n) is 18.4. The molecule has 314 valence electrons. The molecule has 0 aromatic heterocycles. The molecule has 0 fully saturated rings. The number of hydrogen-bond donors (Lipinski definition) is 0. The zero-order valence-electron chi connectivity index (χ0n) is 37.5. The van der Waals surface area contributed by atoms with Crippen LogP contribution in [0.3, 0.4) is 0 Å². The van der Waals surface area contributed by atoms with E-state index >= 15 is 0 Å². The number of benzene rings is 10. The Balaban J connectivity index is 1.15. The van der Waals surface area contributed by atoms with Crippen LogP contribution >= 0.6 is 0 Å². The molecule has 0 amide bonds. The molecule has 12 aromatic rings. The van der Waals surface area contributed by atoms with Crippen LogP contribution in [0.4, 0.5) is 0 Å². The first-order valence-electron chi connectivity index (χ1n) is 23.4. The van der Waals surface area contributed by atoms with Crippen molar-refractivity contribution in [2.24, 2.45) is 0 Å². The van der Waals surface area contributed by atoms with Gasteiger partial charge in [-0.15, -0.1) is 0 Å². The molecule has 0 radical (unpaired) electrons. The summed E-state index contributed by atoms with van der Waals surface area (Å²) < 4.78 is 5.34. The number of rotatable bonds is 9. The van der Waals surface area contributed by atoms with Gasteiger partial charge in [-0.2, -0.15) is 0 Å². The molecule has 1 unspecified atom stereocenters. The third-order valence-corrected chi connectivity index (χ3v) is 21.3. The van der Waals surface area contributed by atoms with E-state index in [1.165, 1.54) is 148 Å². The fourth-order valence-electron chi connectivity index (χ4n) is 11.5. The Morgan fingerprint density at radius 1 is 0.415 bits per heavy atom. The maximum atomic E-state index is 2.54. The Morgan fingerprint density at radius 3 is 1.51 bits per heavy atom. The van der Waals surface area contributed by atoms with Crippen molar-refractivity contribution in [1.82, 2.24) is 0 Å². The predicted molar refractivity (Wildman–Crippen MR) is 274 cm³/mol. The molecule has 0 saturated carbocycles. The SMILES string of the molecule is CCC[I+]c1ccc([I-]C(C)CC)c2c1-c1cccc3c(-c4ccc5c6c(-c7ccc(C)cc7)c7c8cccc9cccc(c7c(-c7ccc(C)cc7)c6c6cccc4c65)c98)ccc-2c13. The number of halogens is 2. The summed E-state index contributed by atoms with van der Waals surface area (Å²) in [5.41, 5.74) is 16.5. The molecule has 0 heterocycles. The monoisotopic (exact) mass is 1060 g/mol. The van der Waals surface area contributed by atoms with E-state index in [1.54, 1.807) is 18.3 Å². The van der Waals surface area contributed by atoms with E-state index in [1.807, 2.05) is 0 Å². The van der Waals surface area contributed by atoms with Gasteiger partial charge in [0.1, 0.15) is 0 Å². The Kier molecular flexibility index (Phi) is 9.33. The molecule has 13 rings (SSSR count). The number of aryl methyl sites for hydroxylation is 2. The van der Waals surface area contributed by atoms with Crippen LogP contribution in [0.25, 0.3) is 131 Å². The third kappa shape index (κ3) is 5.78. The van der Waals surface area contributed by atoms with E-state index in [2.05, 4.69) is 192 Å². The van der Waals surface area contributed by atoms with E-state index in [4.69, 9.17) is 0 Å². The Morgan fingerprint density at radius 2 is 0.908 bits per heavy atom. The molecule has 2 heteroatoms. The quantitative estimate of drug-likeness (QED) is 0.0998. The van der Waals surface area contributed by atoms with Crippen LogP contribution in [0.15, 0.2) is 158 Å². The molecular weight excluding hydrogens is 1010 g/mol. The van der Waals surface area contributed by atoms with Gasteiger partial charge in [-0.25, -0.2) is 0 Å². The molecule has 0 saturated heterocycles. The average molecular weight is 1060 g/mol. The van der Waals surface area contributed by atoms with Gasteiger partial charge in [-0.3, -0.25) is 0 Å². The van der Waals surface area contributed by atoms with Gasteiger partial charge in [0.25, 0.3) is 0 Å². The summed E-state index contributed by atoms with van der Waals surface area (Å²) >= 11 is -0.174. The van der Waals surface area contributed by atoms with E-state index in [-0.39, 0.29) is 42.4 Å². The van der Waals surface area contributed by atoms with Crippen molar-refractivity contribution in [3.63, 3.8) is 0 Å². The summed E-state index contributed by atoms with van der Waals surface area (Å²) in [4.78, 5) is 0. The van der Waals surface area contributed by atoms with Gasteiger partial charge < -0.3 is 0 Å². The van der Waals surface area contributed by atoms with Gasteiger partial charge in [0, 0.05) is 0 Å². The summed E-state index contributed by atoms with van der Waals surface area (Å²) in [6.07, 6.45) is 2.50. The van der Waals surface area contributed by atoms with Crippen LogP contribution in [0.5, 0.6) is 0 Å². The van der Waals surface area contributed by atoms with Crippen molar-refractivity contribution in [3.8, 4) is 55.6 Å². The van der Waals surface area contributed by atoms with Crippen molar-refractivity contribution in [2.45, 2.75) is 51.4 Å². The first-order chi connectivity index (χ1) is 31.9. The second-order valence-corrected chi connectivity index (χ2v) is 25.3. The van der Waals surface area contributed by atoms with Crippen LogP contribution in [0.1, 0.15) is 44.7 Å². The van der Waals surface area contributed by atoms with Crippen LogP contribution in [0.2, 0.25) is 0 Å². The molecule has 0 aliphatic heterocycles. The Labute approximate surface area is 401 Å². The molecule has 1 aliphatic carbocycles. The fourth-order valence-corrected chi connectivity index (χ4v) is 16.8. The minimum atomic E-state index is -0.113. The topological polar surface area (TPSA) is 0 Å². The molecule has 0 nitrogen and oxygen atoms in total. The molecule has 12 aromatic carbocycles. The standard InChI is InChI=1S/C63H48I2/c1-6-34-64-51-32-33-52(65-37(5)7-2)59-49-30-28-41(43-14-10-18-47(56(43)49)58(51)59)42-29-31-50-57-44(42)15-11-19-48(57)62-54(39-24-20-35(3)21-25-39)60-45-16-8-12-38-13-9-17-46(53(38)45)61(60)55(63(50)62)40-26-22-36(4)23-27-40/h8-33,37H,6-7,34H2,1-5H3. The molecule has 0 N–H and O–H groups in total. The molecule has 0 bridgehead atoms. The summed E-state index contributed by atoms with van der Waals surface area (Å²) in [6, 6.07) is 61.8. The van der Waals surface area contributed by atoms with Crippen LogP contribution in [-0.2, 0) is 0 Å². The zero-order valence-corrected chi connectivity index (χ0v) is 41.8. The summed E-state index contributed by atoms with van der Waals surface area (Å²) in [5, 5.41) is 19.0. The Hall–Kier alpha value is -5.56. The van der Waals surface area contributed by atoms with Crippen molar-refractivity contribution in [1.29, 1.82) is 0 Å². The maximum absolute atomic E-state index is 2.54. The third-order valence-electron chi connectivity index (χ3n) is 14.5. The Bertz CT molecular complexity index is 3760. The number of fused-ring (bicyclic) bond motifs is 9. The first kappa shape index (κ1) is 39.8. The average Bonchev–Trinajstić information content (AvgIpc) is 3.98. The van der Waals surface area contributed by atoms with Gasteiger partial charge in [-0.1, -0.05) is 96.1 Å². The zero-order chi connectivity index (χ0) is 43.7. The summed E-state index contributed by atoms with van der Waals surface area (Å²) in [7, 11) is 0. The first-order valence-corrected chi connectivity index (χ1v) is 28.3. The van der Waals surface area contributed by atoms with Crippen LogP contribution < -0.4 is 42.4 Å². The van der Waals surface area contributed by atoms with Crippen LogP contribution in [0, 0.1) is 21.0 Å². The van der Waals surface area contributed by atoms with Gasteiger partial charge in [0.05, 0.1) is 0 Å². The second kappa shape index (κ2) is 15.3. The predicted octanol–water partition coefficient (Wildman–Crippen LogP) is 11.6. The van der Waals surface area contributed by atoms with Crippen molar-refractivity contribution < 1.29 is 42.4 Å².